The molecule has 0 atom stereocenters. The Balaban J connectivity index is 1.73. The van der Waals surface area contributed by atoms with Crippen molar-refractivity contribution in [2.24, 2.45) is 7.05 Å². The average Bonchev–Trinajstić information content (AvgIpc) is 3.17. The van der Waals surface area contributed by atoms with E-state index < -0.39 is 0 Å². The molecule has 0 aliphatic rings. The van der Waals surface area contributed by atoms with E-state index in [9.17, 15) is 4.79 Å². The highest BCUT2D eigenvalue weighted by Gasteiger charge is 2.21. The summed E-state index contributed by atoms with van der Waals surface area (Å²) in [5.74, 6) is 0.677. The van der Waals surface area contributed by atoms with Gasteiger partial charge in [0.15, 0.2) is 5.82 Å². The number of rotatable bonds is 9. The van der Waals surface area contributed by atoms with Crippen LogP contribution in [0.5, 0.6) is 5.75 Å². The van der Waals surface area contributed by atoms with Gasteiger partial charge in [-0.1, -0.05) is 30.9 Å². The Hall–Kier alpha value is -3.53. The van der Waals surface area contributed by atoms with Crippen LogP contribution in [0.15, 0.2) is 43.2 Å². The number of nitrogens with zero attached hydrogens (tertiary/aromatic N) is 4. The summed E-state index contributed by atoms with van der Waals surface area (Å²) in [6.07, 6.45) is 4.75. The third-order valence-electron chi connectivity index (χ3n) is 4.45. The molecule has 10 heteroatoms. The number of amides is 1. The number of anilines is 1. The Bertz CT molecular complexity index is 1130. The molecule has 0 spiro atoms. The van der Waals surface area contributed by atoms with Crippen molar-refractivity contribution in [2.45, 2.75) is 0 Å². The maximum Gasteiger partial charge on any atom is 0.255 e. The number of aromatic nitrogens is 4. The number of hydrogen-bond acceptors (Lipinski definition) is 7. The molecular formula is C21H22BrN7O2. The SMILES string of the molecule is C=Cc1ccccc1OCCNC(=O)c1cnn(C)c1-c1ncc(NC)c(C(=N)Br)n1. The van der Waals surface area contributed by atoms with Crippen LogP contribution in [-0.4, -0.2) is 50.5 Å². The van der Waals surface area contributed by atoms with Gasteiger partial charge in [-0.25, -0.2) is 9.97 Å². The van der Waals surface area contributed by atoms with E-state index in [1.165, 1.54) is 10.9 Å². The van der Waals surface area contributed by atoms with E-state index in [1.807, 2.05) is 24.3 Å². The summed E-state index contributed by atoms with van der Waals surface area (Å²) in [6, 6.07) is 7.54. The summed E-state index contributed by atoms with van der Waals surface area (Å²) in [5, 5.41) is 17.8. The molecule has 2 aromatic heterocycles. The fourth-order valence-electron chi connectivity index (χ4n) is 2.92. The van der Waals surface area contributed by atoms with Gasteiger partial charge in [-0.05, 0) is 22.0 Å². The van der Waals surface area contributed by atoms with Crippen molar-refractivity contribution in [1.29, 1.82) is 5.41 Å². The second-order valence-corrected chi connectivity index (χ2v) is 7.19. The standard InChI is InChI=1S/C21H22BrN7O2/c1-4-13-7-5-6-8-16(13)31-10-9-25-21(30)14-11-27-29(3)18(14)20-26-12-15(24-2)17(28-20)19(22)23/h4-8,11-12,23-24H,1,9-10H2,2-3H3,(H,25,30). The first-order valence-electron chi connectivity index (χ1n) is 9.40. The fourth-order valence-corrected chi connectivity index (χ4v) is 3.22. The lowest BCUT2D eigenvalue weighted by atomic mass is 10.2. The molecule has 3 rings (SSSR count). The summed E-state index contributed by atoms with van der Waals surface area (Å²) >= 11 is 3.14. The van der Waals surface area contributed by atoms with Gasteiger partial charge in [0, 0.05) is 19.7 Å². The van der Waals surface area contributed by atoms with Gasteiger partial charge in [0.1, 0.15) is 28.4 Å². The molecule has 0 aliphatic carbocycles. The van der Waals surface area contributed by atoms with Crippen LogP contribution in [0.4, 0.5) is 5.69 Å². The van der Waals surface area contributed by atoms with Gasteiger partial charge in [-0.15, -0.1) is 0 Å². The van der Waals surface area contributed by atoms with E-state index in [4.69, 9.17) is 10.1 Å². The molecule has 0 unspecified atom stereocenters. The lowest BCUT2D eigenvalue weighted by Crippen LogP contribution is -2.28. The van der Waals surface area contributed by atoms with Crippen molar-refractivity contribution in [2.75, 3.05) is 25.5 Å². The van der Waals surface area contributed by atoms with Crippen LogP contribution in [0, 0.1) is 5.41 Å². The van der Waals surface area contributed by atoms with Crippen molar-refractivity contribution < 1.29 is 9.53 Å². The zero-order valence-corrected chi connectivity index (χ0v) is 18.7. The predicted octanol–water partition coefficient (Wildman–Crippen LogP) is 3.09. The number of carbonyl (C=O) groups excluding carboxylic acids is 1. The minimum Gasteiger partial charge on any atom is -0.491 e. The third-order valence-corrected chi connectivity index (χ3v) is 4.82. The summed E-state index contributed by atoms with van der Waals surface area (Å²) in [5.41, 5.74) is 2.65. The molecule has 0 saturated heterocycles. The molecule has 9 nitrogen and oxygen atoms in total. The van der Waals surface area contributed by atoms with Gasteiger partial charge in [-0.2, -0.15) is 5.10 Å². The molecule has 0 bridgehead atoms. The maximum atomic E-state index is 12.8. The first-order valence-corrected chi connectivity index (χ1v) is 10.2. The Kier molecular flexibility index (Phi) is 7.14. The Morgan fingerprint density at radius 2 is 2.13 bits per heavy atom. The number of halogens is 1. The number of hydrogen-bond donors (Lipinski definition) is 3. The monoisotopic (exact) mass is 483 g/mol. The number of benzene rings is 1. The molecule has 3 N–H and O–H groups in total. The van der Waals surface area contributed by atoms with Gasteiger partial charge in [0.25, 0.3) is 5.91 Å². The average molecular weight is 484 g/mol. The molecule has 0 fully saturated rings. The van der Waals surface area contributed by atoms with E-state index in [0.717, 1.165) is 5.56 Å². The molecule has 2 heterocycles. The highest BCUT2D eigenvalue weighted by Crippen LogP contribution is 2.23. The molecule has 1 amide bonds. The topological polar surface area (TPSA) is 118 Å². The molecule has 3 aromatic rings. The van der Waals surface area contributed by atoms with Gasteiger partial charge >= 0.3 is 0 Å². The van der Waals surface area contributed by atoms with Crippen molar-refractivity contribution in [1.82, 2.24) is 25.1 Å². The third kappa shape index (κ3) is 4.97. The number of ether oxygens (including phenoxy) is 1. The second-order valence-electron chi connectivity index (χ2n) is 6.40. The van der Waals surface area contributed by atoms with Crippen LogP contribution in [0.25, 0.3) is 17.6 Å². The van der Waals surface area contributed by atoms with E-state index in [-0.39, 0.29) is 10.5 Å². The lowest BCUT2D eigenvalue weighted by molar-refractivity contribution is 0.0947. The van der Waals surface area contributed by atoms with E-state index in [0.29, 0.717) is 47.4 Å². The minimum atomic E-state index is -0.319. The smallest absolute Gasteiger partial charge is 0.255 e. The van der Waals surface area contributed by atoms with Crippen molar-refractivity contribution in [3.8, 4) is 17.3 Å². The van der Waals surface area contributed by atoms with Crippen LogP contribution in [0.3, 0.4) is 0 Å². The van der Waals surface area contributed by atoms with Gasteiger partial charge in [-0.3, -0.25) is 14.9 Å². The van der Waals surface area contributed by atoms with Crippen LogP contribution in [-0.2, 0) is 7.05 Å². The summed E-state index contributed by atoms with van der Waals surface area (Å²) in [4.78, 5) is 21.5. The molecule has 0 saturated carbocycles. The minimum absolute atomic E-state index is 0.102. The zero-order chi connectivity index (χ0) is 22.4. The van der Waals surface area contributed by atoms with E-state index >= 15 is 0 Å². The summed E-state index contributed by atoms with van der Waals surface area (Å²) < 4.78 is 7.37. The molecule has 1 aromatic carbocycles. The fraction of sp³-hybridized carbons (Fsp3) is 0.190. The van der Waals surface area contributed by atoms with Crippen molar-refractivity contribution >= 4 is 38.2 Å². The summed E-state index contributed by atoms with van der Waals surface area (Å²) in [7, 11) is 3.42. The Morgan fingerprint density at radius 3 is 2.84 bits per heavy atom. The largest absolute Gasteiger partial charge is 0.491 e. The second kappa shape index (κ2) is 9.98. The Morgan fingerprint density at radius 1 is 1.35 bits per heavy atom. The van der Waals surface area contributed by atoms with Crippen molar-refractivity contribution in [3.05, 3.63) is 60.1 Å². The number of aryl methyl sites for hydroxylation is 1. The first kappa shape index (κ1) is 22.2. The number of para-hydroxylation sites is 1. The van der Waals surface area contributed by atoms with E-state index in [2.05, 4.69) is 48.2 Å². The molecule has 0 radical (unpaired) electrons. The van der Waals surface area contributed by atoms with Gasteiger partial charge in [0.05, 0.1) is 30.2 Å². The molecule has 0 aliphatic heterocycles. The molecule has 160 valence electrons. The summed E-state index contributed by atoms with van der Waals surface area (Å²) in [6.45, 7) is 4.36. The quantitative estimate of drug-likeness (QED) is 0.318. The van der Waals surface area contributed by atoms with Crippen LogP contribution < -0.4 is 15.4 Å². The van der Waals surface area contributed by atoms with Crippen LogP contribution in [0.1, 0.15) is 21.6 Å². The van der Waals surface area contributed by atoms with Gasteiger partial charge in [0.2, 0.25) is 0 Å². The molecular weight excluding hydrogens is 462 g/mol. The van der Waals surface area contributed by atoms with Crippen LogP contribution in [0.2, 0.25) is 0 Å². The number of carbonyl (C=O) groups is 1. The van der Waals surface area contributed by atoms with E-state index in [1.54, 1.807) is 26.4 Å². The lowest BCUT2D eigenvalue weighted by Gasteiger charge is -2.11. The normalized spacial score (nSPS) is 10.4. The zero-order valence-electron chi connectivity index (χ0n) is 17.1. The Labute approximate surface area is 188 Å². The molecule has 31 heavy (non-hydrogen) atoms. The van der Waals surface area contributed by atoms with Crippen LogP contribution >= 0.6 is 15.9 Å². The highest BCUT2D eigenvalue weighted by atomic mass is 79.9. The number of nitrogens with one attached hydrogen (secondary N) is 3. The maximum absolute atomic E-state index is 12.8. The predicted molar refractivity (Wildman–Crippen MR) is 124 cm³/mol. The van der Waals surface area contributed by atoms with Gasteiger partial charge < -0.3 is 15.4 Å². The van der Waals surface area contributed by atoms with Crippen molar-refractivity contribution in [3.63, 3.8) is 0 Å². The first-order chi connectivity index (χ1) is 15.0. The highest BCUT2D eigenvalue weighted by molar-refractivity contribution is 9.18.